The molecule has 18 heavy (non-hydrogen) atoms. The van der Waals surface area contributed by atoms with Crippen LogP contribution in [0.1, 0.15) is 50.7 Å². The number of nitrogens with one attached hydrogen (secondary N) is 1. The van der Waals surface area contributed by atoms with Gasteiger partial charge in [-0.15, -0.1) is 11.6 Å². The highest BCUT2D eigenvalue weighted by molar-refractivity contribution is 6.18. The summed E-state index contributed by atoms with van der Waals surface area (Å²) >= 11 is 5.78. The van der Waals surface area contributed by atoms with Crippen molar-refractivity contribution >= 4 is 11.6 Å². The second-order valence-corrected chi connectivity index (χ2v) is 5.78. The molecule has 1 atom stereocenters. The van der Waals surface area contributed by atoms with Crippen LogP contribution in [0.5, 0.6) is 0 Å². The lowest BCUT2D eigenvalue weighted by Crippen LogP contribution is -2.15. The lowest BCUT2D eigenvalue weighted by Gasteiger charge is -2.09. The Morgan fingerprint density at radius 3 is 2.33 bits per heavy atom. The molecular weight excluding hydrogens is 242 g/mol. The molecule has 0 fully saturated rings. The molecule has 0 spiro atoms. The van der Waals surface area contributed by atoms with Gasteiger partial charge in [0.15, 0.2) is 0 Å². The van der Waals surface area contributed by atoms with Gasteiger partial charge in [0.25, 0.3) is 0 Å². The van der Waals surface area contributed by atoms with E-state index in [9.17, 15) is 0 Å². The van der Waals surface area contributed by atoms with Gasteiger partial charge in [-0.25, -0.2) is 0 Å². The maximum absolute atomic E-state index is 5.78. The van der Waals surface area contributed by atoms with Gasteiger partial charge in [-0.1, -0.05) is 45.0 Å². The summed E-state index contributed by atoms with van der Waals surface area (Å²) in [5.74, 6) is 2.03. The number of hydrogen-bond acceptors (Lipinski definition) is 1. The van der Waals surface area contributed by atoms with Crippen molar-refractivity contribution in [3.8, 4) is 0 Å². The van der Waals surface area contributed by atoms with Gasteiger partial charge in [-0.3, -0.25) is 0 Å². The van der Waals surface area contributed by atoms with E-state index in [0.717, 1.165) is 19.0 Å². The zero-order chi connectivity index (χ0) is 13.4. The fraction of sp³-hybridized carbons (Fsp3) is 0.625. The van der Waals surface area contributed by atoms with Crippen molar-refractivity contribution in [2.75, 3.05) is 12.4 Å². The predicted molar refractivity (Wildman–Crippen MR) is 81.4 cm³/mol. The molecule has 1 N–H and O–H groups in total. The first-order chi connectivity index (χ1) is 8.63. The lowest BCUT2D eigenvalue weighted by molar-refractivity contribution is 0.531. The van der Waals surface area contributed by atoms with Crippen molar-refractivity contribution in [2.45, 2.75) is 46.1 Å². The number of benzene rings is 1. The minimum absolute atomic E-state index is 0.615. The highest BCUT2D eigenvalue weighted by Crippen LogP contribution is 2.14. The van der Waals surface area contributed by atoms with Crippen LogP contribution in [0.15, 0.2) is 24.3 Å². The largest absolute Gasteiger partial charge is 0.313 e. The van der Waals surface area contributed by atoms with Crippen LogP contribution in [-0.2, 0) is 6.54 Å². The van der Waals surface area contributed by atoms with Gasteiger partial charge in [0.1, 0.15) is 0 Å². The SMILES string of the molecule is CC(CCl)CCCNCc1ccc(C(C)C)cc1. The summed E-state index contributed by atoms with van der Waals surface area (Å²) in [7, 11) is 0. The monoisotopic (exact) mass is 267 g/mol. The molecule has 0 aliphatic rings. The third-order valence-electron chi connectivity index (χ3n) is 3.29. The molecule has 0 heterocycles. The Bertz CT molecular complexity index is 318. The maximum atomic E-state index is 5.78. The molecule has 1 aromatic rings. The summed E-state index contributed by atoms with van der Waals surface area (Å²) in [4.78, 5) is 0. The van der Waals surface area contributed by atoms with Crippen LogP contribution in [0.25, 0.3) is 0 Å². The molecule has 1 aromatic carbocycles. The molecule has 1 unspecified atom stereocenters. The van der Waals surface area contributed by atoms with Crippen LogP contribution in [-0.4, -0.2) is 12.4 Å². The minimum atomic E-state index is 0.615. The topological polar surface area (TPSA) is 12.0 Å². The Kier molecular flexibility index (Phi) is 7.38. The molecular formula is C16H26ClN. The van der Waals surface area contributed by atoms with E-state index in [1.165, 1.54) is 24.0 Å². The molecule has 1 nitrogen and oxygen atoms in total. The molecule has 0 amide bonds. The average Bonchev–Trinajstić information content (AvgIpc) is 2.38. The number of hydrogen-bond donors (Lipinski definition) is 1. The molecule has 102 valence electrons. The lowest BCUT2D eigenvalue weighted by atomic mass is 10.0. The first-order valence-corrected chi connectivity index (χ1v) is 7.52. The molecule has 0 aromatic heterocycles. The Hall–Kier alpha value is -0.530. The standard InChI is InChI=1S/C16H26ClN/c1-13(2)16-8-6-15(7-9-16)12-18-10-4-5-14(3)11-17/h6-9,13-14,18H,4-5,10-12H2,1-3H3. The zero-order valence-electron chi connectivity index (χ0n) is 11.9. The quantitative estimate of drug-likeness (QED) is 0.538. The Balaban J connectivity index is 2.19. The van der Waals surface area contributed by atoms with Crippen LogP contribution >= 0.6 is 11.6 Å². The highest BCUT2D eigenvalue weighted by atomic mass is 35.5. The van der Waals surface area contributed by atoms with Crippen molar-refractivity contribution in [2.24, 2.45) is 5.92 Å². The van der Waals surface area contributed by atoms with Crippen molar-refractivity contribution in [3.05, 3.63) is 35.4 Å². The Labute approximate surface area is 117 Å². The molecule has 1 rings (SSSR count). The summed E-state index contributed by atoms with van der Waals surface area (Å²) in [5, 5.41) is 3.49. The Morgan fingerprint density at radius 2 is 1.78 bits per heavy atom. The van der Waals surface area contributed by atoms with Gasteiger partial charge < -0.3 is 5.32 Å². The highest BCUT2D eigenvalue weighted by Gasteiger charge is 2.00. The zero-order valence-corrected chi connectivity index (χ0v) is 12.6. The number of alkyl halides is 1. The van der Waals surface area contributed by atoms with E-state index in [-0.39, 0.29) is 0 Å². The van der Waals surface area contributed by atoms with Crippen LogP contribution in [0.2, 0.25) is 0 Å². The van der Waals surface area contributed by atoms with E-state index in [1.54, 1.807) is 0 Å². The van der Waals surface area contributed by atoms with Gasteiger partial charge in [-0.2, -0.15) is 0 Å². The van der Waals surface area contributed by atoms with Crippen molar-refractivity contribution in [3.63, 3.8) is 0 Å². The van der Waals surface area contributed by atoms with E-state index in [1.807, 2.05) is 0 Å². The van der Waals surface area contributed by atoms with Crippen molar-refractivity contribution < 1.29 is 0 Å². The van der Waals surface area contributed by atoms with Crippen LogP contribution in [0, 0.1) is 5.92 Å². The van der Waals surface area contributed by atoms with E-state index >= 15 is 0 Å². The van der Waals surface area contributed by atoms with E-state index in [2.05, 4.69) is 50.4 Å². The normalized spacial score (nSPS) is 12.9. The smallest absolute Gasteiger partial charge is 0.0249 e. The third-order valence-corrected chi connectivity index (χ3v) is 3.82. The van der Waals surface area contributed by atoms with E-state index in [4.69, 9.17) is 11.6 Å². The fourth-order valence-electron chi connectivity index (χ4n) is 1.91. The van der Waals surface area contributed by atoms with Gasteiger partial charge in [0.05, 0.1) is 0 Å². The summed E-state index contributed by atoms with van der Waals surface area (Å²) in [6.07, 6.45) is 2.42. The minimum Gasteiger partial charge on any atom is -0.313 e. The first-order valence-electron chi connectivity index (χ1n) is 6.99. The van der Waals surface area contributed by atoms with Crippen LogP contribution in [0.3, 0.4) is 0 Å². The molecule has 2 heteroatoms. The predicted octanol–water partition coefficient (Wildman–Crippen LogP) is 4.55. The maximum Gasteiger partial charge on any atom is 0.0249 e. The van der Waals surface area contributed by atoms with E-state index in [0.29, 0.717) is 11.8 Å². The van der Waals surface area contributed by atoms with Crippen LogP contribution < -0.4 is 5.32 Å². The summed E-state index contributed by atoms with van der Waals surface area (Å²) in [5.41, 5.74) is 2.78. The van der Waals surface area contributed by atoms with Crippen molar-refractivity contribution in [1.29, 1.82) is 0 Å². The molecule has 0 radical (unpaired) electrons. The summed E-state index contributed by atoms with van der Waals surface area (Å²) < 4.78 is 0. The molecule has 0 saturated heterocycles. The number of halogens is 1. The Morgan fingerprint density at radius 1 is 1.11 bits per heavy atom. The van der Waals surface area contributed by atoms with Gasteiger partial charge in [0, 0.05) is 12.4 Å². The summed E-state index contributed by atoms with van der Waals surface area (Å²) in [6, 6.07) is 8.92. The van der Waals surface area contributed by atoms with Gasteiger partial charge in [0.2, 0.25) is 0 Å². The number of rotatable bonds is 8. The van der Waals surface area contributed by atoms with Crippen LogP contribution in [0.4, 0.5) is 0 Å². The molecule has 0 aliphatic carbocycles. The fourth-order valence-corrected chi connectivity index (χ4v) is 2.06. The average molecular weight is 268 g/mol. The van der Waals surface area contributed by atoms with Gasteiger partial charge in [-0.05, 0) is 42.3 Å². The second-order valence-electron chi connectivity index (χ2n) is 5.47. The molecule has 0 aliphatic heterocycles. The van der Waals surface area contributed by atoms with Crippen molar-refractivity contribution in [1.82, 2.24) is 5.32 Å². The van der Waals surface area contributed by atoms with Gasteiger partial charge >= 0.3 is 0 Å². The summed E-state index contributed by atoms with van der Waals surface area (Å²) in [6.45, 7) is 8.70. The molecule has 0 bridgehead atoms. The molecule has 0 saturated carbocycles. The first kappa shape index (κ1) is 15.5. The second kappa shape index (κ2) is 8.55. The van der Waals surface area contributed by atoms with E-state index < -0.39 is 0 Å². The third kappa shape index (κ3) is 5.88.